The smallest absolute Gasteiger partial charge is 0.0560 e. The second-order valence-corrected chi connectivity index (χ2v) is 7.60. The summed E-state index contributed by atoms with van der Waals surface area (Å²) in [5, 5.41) is 6.53. The third kappa shape index (κ3) is 2.06. The van der Waals surface area contributed by atoms with Crippen LogP contribution in [0.5, 0.6) is 0 Å². The van der Waals surface area contributed by atoms with Crippen LogP contribution in [0.15, 0.2) is 77.3 Å². The van der Waals surface area contributed by atoms with Gasteiger partial charge in [-0.2, -0.15) is 0 Å². The van der Waals surface area contributed by atoms with E-state index >= 15 is 0 Å². The predicted octanol–water partition coefficient (Wildman–Crippen LogP) is 6.43. The molecule has 0 saturated heterocycles. The Hall–Kier alpha value is -2.06. The Morgan fingerprint density at radius 2 is 1.67 bits per heavy atom. The molecule has 0 saturated carbocycles. The number of para-hydroxylation sites is 1. The zero-order chi connectivity index (χ0) is 16.1. The highest BCUT2D eigenvalue weighted by Crippen LogP contribution is 2.52. The van der Waals surface area contributed by atoms with E-state index in [1.54, 1.807) is 0 Å². The number of halogens is 1. The van der Waals surface area contributed by atoms with E-state index in [0.717, 1.165) is 10.9 Å². The van der Waals surface area contributed by atoms with E-state index in [9.17, 15) is 0 Å². The number of hydrogen-bond donors (Lipinski definition) is 1. The standard InChI is InChI=1S/C22H18BrN/c23-20-13-5-12-19-16-9-4-11-18(16)21(24-22(19)20)17-10-3-7-14-6-1-2-8-15(14)17/h1-10,12-13,16,18,21,24H,11H2/t16-,18-,21-/m1/s1. The first-order valence-electron chi connectivity index (χ1n) is 8.52. The van der Waals surface area contributed by atoms with Crippen LogP contribution < -0.4 is 5.32 Å². The molecule has 2 aliphatic rings. The second kappa shape index (κ2) is 5.49. The Morgan fingerprint density at radius 3 is 2.62 bits per heavy atom. The third-order valence-corrected chi connectivity index (χ3v) is 6.17. The minimum atomic E-state index is 0.335. The molecule has 1 heterocycles. The first-order chi connectivity index (χ1) is 11.8. The van der Waals surface area contributed by atoms with Gasteiger partial charge >= 0.3 is 0 Å². The molecule has 1 nitrogen and oxygen atoms in total. The predicted molar refractivity (Wildman–Crippen MR) is 104 cm³/mol. The van der Waals surface area contributed by atoms with Gasteiger partial charge in [-0.1, -0.05) is 66.7 Å². The van der Waals surface area contributed by atoms with Gasteiger partial charge in [0.25, 0.3) is 0 Å². The van der Waals surface area contributed by atoms with Gasteiger partial charge in [-0.05, 0) is 56.2 Å². The lowest BCUT2D eigenvalue weighted by Gasteiger charge is -2.38. The Balaban J connectivity index is 1.70. The number of allylic oxidation sites excluding steroid dienone is 2. The van der Waals surface area contributed by atoms with Gasteiger partial charge in [0.05, 0.1) is 11.7 Å². The Labute approximate surface area is 150 Å². The average molecular weight is 376 g/mol. The zero-order valence-electron chi connectivity index (χ0n) is 13.2. The molecule has 0 amide bonds. The summed E-state index contributed by atoms with van der Waals surface area (Å²) in [4.78, 5) is 0. The molecule has 1 N–H and O–H groups in total. The SMILES string of the molecule is Brc1cccc2c1N[C@H](c1cccc3ccccc13)[C@@H]1CC=C[C@@H]21. The van der Waals surface area contributed by atoms with E-state index in [0.29, 0.717) is 17.9 Å². The van der Waals surface area contributed by atoms with Gasteiger partial charge in [0.15, 0.2) is 0 Å². The van der Waals surface area contributed by atoms with E-state index in [4.69, 9.17) is 0 Å². The van der Waals surface area contributed by atoms with E-state index in [1.165, 1.54) is 27.6 Å². The molecule has 1 aliphatic carbocycles. The number of nitrogens with one attached hydrogen (secondary N) is 1. The number of anilines is 1. The van der Waals surface area contributed by atoms with Crippen molar-refractivity contribution in [2.45, 2.75) is 18.4 Å². The van der Waals surface area contributed by atoms with Crippen molar-refractivity contribution < 1.29 is 0 Å². The molecular formula is C22H18BrN. The summed E-state index contributed by atoms with van der Waals surface area (Å²) in [5.74, 6) is 1.08. The summed E-state index contributed by atoms with van der Waals surface area (Å²) in [6.07, 6.45) is 5.89. The Bertz CT molecular complexity index is 954. The lowest BCUT2D eigenvalue weighted by molar-refractivity contribution is 0.427. The fourth-order valence-corrected chi connectivity index (χ4v) is 4.91. The van der Waals surface area contributed by atoms with Crippen molar-refractivity contribution in [1.29, 1.82) is 0 Å². The first-order valence-corrected chi connectivity index (χ1v) is 9.31. The molecule has 2 heteroatoms. The van der Waals surface area contributed by atoms with Gasteiger partial charge in [-0.25, -0.2) is 0 Å². The molecule has 3 aromatic carbocycles. The van der Waals surface area contributed by atoms with E-state index in [2.05, 4.69) is 94.1 Å². The van der Waals surface area contributed by atoms with Gasteiger partial charge in [-0.15, -0.1) is 0 Å². The molecule has 0 aromatic heterocycles. The molecule has 3 atom stereocenters. The highest BCUT2D eigenvalue weighted by Gasteiger charge is 2.38. The Morgan fingerprint density at radius 1 is 0.875 bits per heavy atom. The fourth-order valence-electron chi connectivity index (χ4n) is 4.41. The molecular weight excluding hydrogens is 358 g/mol. The second-order valence-electron chi connectivity index (χ2n) is 6.75. The van der Waals surface area contributed by atoms with Crippen LogP contribution in [0.3, 0.4) is 0 Å². The molecule has 3 aromatic rings. The molecule has 0 spiro atoms. The third-order valence-electron chi connectivity index (χ3n) is 5.50. The molecule has 0 radical (unpaired) electrons. The van der Waals surface area contributed by atoms with E-state index < -0.39 is 0 Å². The molecule has 24 heavy (non-hydrogen) atoms. The maximum absolute atomic E-state index is 3.86. The van der Waals surface area contributed by atoms with E-state index in [1.807, 2.05) is 0 Å². The minimum Gasteiger partial charge on any atom is -0.377 e. The highest BCUT2D eigenvalue weighted by molar-refractivity contribution is 9.10. The van der Waals surface area contributed by atoms with Gasteiger partial charge in [-0.3, -0.25) is 0 Å². The van der Waals surface area contributed by atoms with Crippen molar-refractivity contribution in [2.75, 3.05) is 5.32 Å². The highest BCUT2D eigenvalue weighted by atomic mass is 79.9. The topological polar surface area (TPSA) is 12.0 Å². The monoisotopic (exact) mass is 375 g/mol. The van der Waals surface area contributed by atoms with Gasteiger partial charge in [0.1, 0.15) is 0 Å². The number of benzene rings is 3. The summed E-state index contributed by atoms with van der Waals surface area (Å²) in [7, 11) is 0. The summed E-state index contributed by atoms with van der Waals surface area (Å²) in [6.45, 7) is 0. The number of fused-ring (bicyclic) bond motifs is 4. The maximum Gasteiger partial charge on any atom is 0.0560 e. The fraction of sp³-hybridized carbons (Fsp3) is 0.182. The van der Waals surface area contributed by atoms with Crippen molar-refractivity contribution >= 4 is 32.4 Å². The average Bonchev–Trinajstić information content (AvgIpc) is 3.11. The first kappa shape index (κ1) is 14.3. The van der Waals surface area contributed by atoms with Crippen molar-refractivity contribution in [2.24, 2.45) is 5.92 Å². The van der Waals surface area contributed by atoms with Crippen LogP contribution >= 0.6 is 15.9 Å². The van der Waals surface area contributed by atoms with Crippen molar-refractivity contribution in [3.8, 4) is 0 Å². The van der Waals surface area contributed by atoms with Gasteiger partial charge in [0.2, 0.25) is 0 Å². The molecule has 1 aliphatic heterocycles. The normalized spacial score (nSPS) is 24.5. The lowest BCUT2D eigenvalue weighted by atomic mass is 9.76. The molecule has 0 unspecified atom stereocenters. The van der Waals surface area contributed by atoms with Crippen molar-refractivity contribution in [3.63, 3.8) is 0 Å². The minimum absolute atomic E-state index is 0.335. The molecule has 0 fully saturated rings. The quantitative estimate of drug-likeness (QED) is 0.483. The van der Waals surface area contributed by atoms with Crippen LogP contribution in [0.1, 0.15) is 29.5 Å². The lowest BCUT2D eigenvalue weighted by Crippen LogP contribution is -2.29. The van der Waals surface area contributed by atoms with Crippen LogP contribution in [-0.4, -0.2) is 0 Å². The van der Waals surface area contributed by atoms with E-state index in [-0.39, 0.29) is 0 Å². The van der Waals surface area contributed by atoms with Crippen LogP contribution in [-0.2, 0) is 0 Å². The zero-order valence-corrected chi connectivity index (χ0v) is 14.8. The van der Waals surface area contributed by atoms with Crippen LogP contribution in [0.2, 0.25) is 0 Å². The van der Waals surface area contributed by atoms with Crippen LogP contribution in [0, 0.1) is 5.92 Å². The van der Waals surface area contributed by atoms with Crippen LogP contribution in [0.4, 0.5) is 5.69 Å². The van der Waals surface area contributed by atoms with Crippen LogP contribution in [0.25, 0.3) is 10.8 Å². The summed E-state index contributed by atoms with van der Waals surface area (Å²) in [5.41, 5.74) is 4.08. The largest absolute Gasteiger partial charge is 0.377 e. The van der Waals surface area contributed by atoms with Crippen molar-refractivity contribution in [1.82, 2.24) is 0 Å². The van der Waals surface area contributed by atoms with Gasteiger partial charge < -0.3 is 5.32 Å². The molecule has 5 rings (SSSR count). The maximum atomic E-state index is 3.86. The number of hydrogen-bond acceptors (Lipinski definition) is 1. The molecule has 118 valence electrons. The number of rotatable bonds is 1. The summed E-state index contributed by atoms with van der Waals surface area (Å²) >= 11 is 3.74. The van der Waals surface area contributed by atoms with Crippen molar-refractivity contribution in [3.05, 3.63) is 88.4 Å². The summed E-state index contributed by atoms with van der Waals surface area (Å²) < 4.78 is 1.16. The van der Waals surface area contributed by atoms with Gasteiger partial charge in [0, 0.05) is 10.4 Å². The summed E-state index contributed by atoms with van der Waals surface area (Å²) in [6, 6.07) is 22.3. The molecule has 0 bridgehead atoms. The Kier molecular flexibility index (Phi) is 3.27.